The minimum absolute atomic E-state index is 0.00836. The highest BCUT2D eigenvalue weighted by molar-refractivity contribution is 7.92. The van der Waals surface area contributed by atoms with Gasteiger partial charge in [-0.2, -0.15) is 0 Å². The van der Waals surface area contributed by atoms with Crippen molar-refractivity contribution in [1.82, 2.24) is 4.90 Å². The number of rotatable bonds is 7. The van der Waals surface area contributed by atoms with Crippen LogP contribution in [0.1, 0.15) is 17.3 Å². The van der Waals surface area contributed by atoms with Crippen molar-refractivity contribution in [3.63, 3.8) is 0 Å². The number of halogens is 1. The first-order chi connectivity index (χ1) is 12.7. The lowest BCUT2D eigenvalue weighted by Crippen LogP contribution is -2.33. The minimum Gasteiger partial charge on any atom is -0.465 e. The van der Waals surface area contributed by atoms with Gasteiger partial charge in [0, 0.05) is 12.1 Å². The average molecular weight is 411 g/mol. The van der Waals surface area contributed by atoms with Crippen molar-refractivity contribution < 1.29 is 22.7 Å². The van der Waals surface area contributed by atoms with Gasteiger partial charge in [-0.25, -0.2) is 8.42 Å². The van der Waals surface area contributed by atoms with Crippen LogP contribution in [0.5, 0.6) is 0 Å². The number of esters is 1. The van der Waals surface area contributed by atoms with Crippen molar-refractivity contribution in [3.05, 3.63) is 59.1 Å². The molecule has 27 heavy (non-hydrogen) atoms. The van der Waals surface area contributed by atoms with Gasteiger partial charge in [0.25, 0.3) is 15.9 Å². The Morgan fingerprint density at radius 2 is 1.74 bits per heavy atom. The largest absolute Gasteiger partial charge is 0.465 e. The molecule has 0 aliphatic carbocycles. The first kappa shape index (κ1) is 20.7. The van der Waals surface area contributed by atoms with E-state index in [4.69, 9.17) is 16.3 Å². The van der Waals surface area contributed by atoms with Gasteiger partial charge in [0.15, 0.2) is 0 Å². The summed E-state index contributed by atoms with van der Waals surface area (Å²) in [4.78, 5) is 25.4. The molecule has 7 nitrogen and oxygen atoms in total. The van der Waals surface area contributed by atoms with E-state index in [0.29, 0.717) is 5.02 Å². The third-order valence-electron chi connectivity index (χ3n) is 3.54. The number of hydrogen-bond donors (Lipinski definition) is 1. The van der Waals surface area contributed by atoms with E-state index in [2.05, 4.69) is 4.72 Å². The van der Waals surface area contributed by atoms with Gasteiger partial charge < -0.3 is 9.64 Å². The Hall–Kier alpha value is -2.58. The van der Waals surface area contributed by atoms with Crippen molar-refractivity contribution in [2.24, 2.45) is 0 Å². The predicted octanol–water partition coefficient (Wildman–Crippen LogP) is 2.78. The van der Waals surface area contributed by atoms with Crippen LogP contribution in [-0.2, 0) is 19.6 Å². The predicted molar refractivity (Wildman–Crippen MR) is 102 cm³/mol. The second kappa shape index (κ2) is 8.88. The summed E-state index contributed by atoms with van der Waals surface area (Å²) < 4.78 is 32.4. The summed E-state index contributed by atoms with van der Waals surface area (Å²) in [6, 6.07) is 11.8. The molecule has 0 aliphatic rings. The Morgan fingerprint density at radius 3 is 2.37 bits per heavy atom. The Balaban J connectivity index is 2.26. The minimum atomic E-state index is -3.91. The van der Waals surface area contributed by atoms with Gasteiger partial charge in [-0.3, -0.25) is 14.3 Å². The zero-order chi connectivity index (χ0) is 20.0. The van der Waals surface area contributed by atoms with Gasteiger partial charge in [-0.05, 0) is 43.3 Å². The molecule has 0 heterocycles. The number of carbonyl (C=O) groups excluding carboxylic acids is 2. The molecule has 2 aromatic rings. The van der Waals surface area contributed by atoms with Crippen LogP contribution in [0.3, 0.4) is 0 Å². The van der Waals surface area contributed by atoms with Gasteiger partial charge in [0.1, 0.15) is 6.54 Å². The van der Waals surface area contributed by atoms with Crippen molar-refractivity contribution in [2.75, 3.05) is 24.9 Å². The summed E-state index contributed by atoms with van der Waals surface area (Å²) in [7, 11) is -2.48. The number of nitrogens with zero attached hydrogens (tertiary/aromatic N) is 1. The van der Waals surface area contributed by atoms with E-state index < -0.39 is 21.9 Å². The number of carbonyl (C=O) groups is 2. The Bertz CT molecular complexity index is 929. The number of hydrogen-bond acceptors (Lipinski definition) is 5. The number of ether oxygens (including phenoxy) is 1. The van der Waals surface area contributed by atoms with Gasteiger partial charge in [-0.1, -0.05) is 23.7 Å². The van der Waals surface area contributed by atoms with E-state index in [1.165, 1.54) is 43.4 Å². The van der Waals surface area contributed by atoms with Crippen LogP contribution in [0.25, 0.3) is 0 Å². The quantitative estimate of drug-likeness (QED) is 0.708. The van der Waals surface area contributed by atoms with E-state index in [9.17, 15) is 18.0 Å². The van der Waals surface area contributed by atoms with Gasteiger partial charge >= 0.3 is 5.97 Å². The first-order valence-electron chi connectivity index (χ1n) is 8.03. The fourth-order valence-electron chi connectivity index (χ4n) is 2.25. The van der Waals surface area contributed by atoms with Crippen LogP contribution in [0.4, 0.5) is 5.69 Å². The SMILES string of the molecule is CCOC(=O)CN(C)C(=O)c1ccccc1NS(=O)(=O)c1ccc(Cl)cc1. The molecular weight excluding hydrogens is 392 g/mol. The molecule has 0 saturated heterocycles. The monoisotopic (exact) mass is 410 g/mol. The first-order valence-corrected chi connectivity index (χ1v) is 9.89. The van der Waals surface area contributed by atoms with Crippen LogP contribution in [0, 0.1) is 0 Å². The van der Waals surface area contributed by atoms with Crippen molar-refractivity contribution >= 4 is 39.2 Å². The molecule has 0 atom stereocenters. The zero-order valence-electron chi connectivity index (χ0n) is 14.8. The summed E-state index contributed by atoms with van der Waals surface area (Å²) in [5.41, 5.74) is 0.218. The molecule has 0 aliphatic heterocycles. The summed E-state index contributed by atoms with van der Waals surface area (Å²) in [6.45, 7) is 1.63. The summed E-state index contributed by atoms with van der Waals surface area (Å²) in [5.74, 6) is -1.06. The lowest BCUT2D eigenvalue weighted by molar-refractivity contribution is -0.143. The molecule has 0 spiro atoms. The summed E-state index contributed by atoms with van der Waals surface area (Å²) in [5, 5.41) is 0.408. The van der Waals surface area contributed by atoms with Crippen LogP contribution in [0.2, 0.25) is 5.02 Å². The summed E-state index contributed by atoms with van der Waals surface area (Å²) in [6.07, 6.45) is 0. The molecule has 1 N–H and O–H groups in total. The highest BCUT2D eigenvalue weighted by Crippen LogP contribution is 2.22. The number of likely N-dealkylation sites (N-methyl/N-ethyl adjacent to an activating group) is 1. The van der Waals surface area contributed by atoms with E-state index in [1.807, 2.05) is 0 Å². The number of benzene rings is 2. The molecule has 9 heteroatoms. The maximum atomic E-state index is 12.6. The van der Waals surface area contributed by atoms with Crippen LogP contribution < -0.4 is 4.72 Å². The van der Waals surface area contributed by atoms with E-state index >= 15 is 0 Å². The van der Waals surface area contributed by atoms with Gasteiger partial charge in [0.05, 0.1) is 22.8 Å². The molecule has 2 aromatic carbocycles. The Morgan fingerprint density at radius 1 is 1.11 bits per heavy atom. The van der Waals surface area contributed by atoms with Crippen LogP contribution >= 0.6 is 11.6 Å². The molecule has 2 rings (SSSR count). The summed E-state index contributed by atoms with van der Waals surface area (Å²) >= 11 is 5.78. The lowest BCUT2D eigenvalue weighted by Gasteiger charge is -2.18. The number of anilines is 1. The maximum Gasteiger partial charge on any atom is 0.325 e. The Labute approximate surface area is 162 Å². The zero-order valence-corrected chi connectivity index (χ0v) is 16.4. The third-order valence-corrected chi connectivity index (χ3v) is 5.18. The second-order valence-corrected chi connectivity index (χ2v) is 7.69. The molecule has 0 aromatic heterocycles. The lowest BCUT2D eigenvalue weighted by atomic mass is 10.1. The van der Waals surface area contributed by atoms with E-state index in [0.717, 1.165) is 4.90 Å². The molecule has 0 bridgehead atoms. The van der Waals surface area contributed by atoms with Crippen molar-refractivity contribution in [1.29, 1.82) is 0 Å². The second-order valence-electron chi connectivity index (χ2n) is 5.57. The molecule has 0 fully saturated rings. The highest BCUT2D eigenvalue weighted by Gasteiger charge is 2.22. The van der Waals surface area contributed by atoms with E-state index in [1.54, 1.807) is 19.1 Å². The third kappa shape index (κ3) is 5.45. The van der Waals surface area contributed by atoms with Crippen molar-refractivity contribution in [2.45, 2.75) is 11.8 Å². The topological polar surface area (TPSA) is 92.8 Å². The molecular formula is C18H19ClN2O5S. The number of amides is 1. The molecule has 144 valence electrons. The molecule has 0 radical (unpaired) electrons. The molecule has 0 unspecified atom stereocenters. The van der Waals surface area contributed by atoms with Crippen LogP contribution in [-0.4, -0.2) is 45.4 Å². The number of sulfonamides is 1. The van der Waals surface area contributed by atoms with Crippen LogP contribution in [0.15, 0.2) is 53.4 Å². The highest BCUT2D eigenvalue weighted by atomic mass is 35.5. The smallest absolute Gasteiger partial charge is 0.325 e. The van der Waals surface area contributed by atoms with Gasteiger partial charge in [-0.15, -0.1) is 0 Å². The number of nitrogens with one attached hydrogen (secondary N) is 1. The maximum absolute atomic E-state index is 12.6. The number of para-hydroxylation sites is 1. The van der Waals surface area contributed by atoms with Crippen molar-refractivity contribution in [3.8, 4) is 0 Å². The Kier molecular flexibility index (Phi) is 6.81. The fourth-order valence-corrected chi connectivity index (χ4v) is 3.46. The molecule has 0 saturated carbocycles. The molecule has 1 amide bonds. The average Bonchev–Trinajstić information content (AvgIpc) is 2.61. The standard InChI is InChI=1S/C18H19ClN2O5S/c1-3-26-17(22)12-21(2)18(23)15-6-4-5-7-16(15)20-27(24,25)14-10-8-13(19)9-11-14/h4-11,20H,3,12H2,1-2H3. The van der Waals surface area contributed by atoms with Gasteiger partial charge in [0.2, 0.25) is 0 Å². The normalized spacial score (nSPS) is 10.9. The fraction of sp³-hybridized carbons (Fsp3) is 0.222. The van der Waals surface area contributed by atoms with E-state index in [-0.39, 0.29) is 29.3 Å².